The Labute approximate surface area is 178 Å². The van der Waals surface area contributed by atoms with Crippen molar-refractivity contribution in [3.8, 4) is 11.1 Å². The Morgan fingerprint density at radius 2 is 2.10 bits per heavy atom. The predicted octanol–water partition coefficient (Wildman–Crippen LogP) is 2.03. The zero-order valence-electron chi connectivity index (χ0n) is 16.8. The molecule has 2 aromatic carbocycles. The van der Waals surface area contributed by atoms with Gasteiger partial charge in [-0.05, 0) is 40.5 Å². The van der Waals surface area contributed by atoms with Crippen molar-refractivity contribution in [3.63, 3.8) is 0 Å². The van der Waals surface area contributed by atoms with E-state index in [9.17, 15) is 9.90 Å². The fourth-order valence-electron chi connectivity index (χ4n) is 4.26. The number of hydroxylamine groups is 1. The maximum atomic E-state index is 11.5. The van der Waals surface area contributed by atoms with Gasteiger partial charge in [0.1, 0.15) is 0 Å². The highest BCUT2D eigenvalue weighted by atomic mass is 16.5. The standard InChI is InChI=1S/C23H23N5O3/c29-13-14-2-1-3-15(8-14)16-4-5-20-18(9-16)19-12-28(7-6-21(19)26-20)23-24-10-17(11-25-23)22(30)27-31/h1-5,8-11,23-24,26,29,31H,6-7,12-13H2,(H,27,30). The third-order valence-corrected chi connectivity index (χ3v) is 5.90. The van der Waals surface area contributed by atoms with Crippen LogP contribution in [0.5, 0.6) is 0 Å². The molecule has 1 amide bonds. The van der Waals surface area contributed by atoms with E-state index in [0.29, 0.717) is 0 Å². The van der Waals surface area contributed by atoms with Crippen molar-refractivity contribution in [3.05, 3.63) is 71.1 Å². The summed E-state index contributed by atoms with van der Waals surface area (Å²) in [4.78, 5) is 21.7. The molecule has 2 aliphatic heterocycles. The number of carbonyl (C=O) groups is 1. The molecule has 0 fully saturated rings. The summed E-state index contributed by atoms with van der Waals surface area (Å²) < 4.78 is 0. The second-order valence-electron chi connectivity index (χ2n) is 7.78. The number of hydrogen-bond acceptors (Lipinski definition) is 6. The number of amides is 1. The van der Waals surface area contributed by atoms with Crippen LogP contribution in [0, 0.1) is 0 Å². The van der Waals surface area contributed by atoms with E-state index in [-0.39, 0.29) is 18.5 Å². The van der Waals surface area contributed by atoms with E-state index in [4.69, 9.17) is 5.21 Å². The van der Waals surface area contributed by atoms with Crippen molar-refractivity contribution in [1.29, 1.82) is 0 Å². The summed E-state index contributed by atoms with van der Waals surface area (Å²) in [5, 5.41) is 22.5. The van der Waals surface area contributed by atoms with Crippen molar-refractivity contribution in [1.82, 2.24) is 20.7 Å². The lowest BCUT2D eigenvalue weighted by Crippen LogP contribution is -2.46. The van der Waals surface area contributed by atoms with Crippen molar-refractivity contribution in [2.24, 2.45) is 4.99 Å². The number of aromatic amines is 1. The Balaban J connectivity index is 1.42. The Kier molecular flexibility index (Phi) is 5.03. The van der Waals surface area contributed by atoms with Gasteiger partial charge >= 0.3 is 0 Å². The Morgan fingerprint density at radius 1 is 1.23 bits per heavy atom. The van der Waals surface area contributed by atoms with E-state index >= 15 is 0 Å². The Bertz CT molecular complexity index is 1210. The first-order valence-electron chi connectivity index (χ1n) is 10.2. The van der Waals surface area contributed by atoms with Crippen LogP contribution in [-0.4, -0.2) is 45.2 Å². The predicted molar refractivity (Wildman–Crippen MR) is 117 cm³/mol. The first-order chi connectivity index (χ1) is 15.2. The van der Waals surface area contributed by atoms with E-state index in [0.717, 1.165) is 41.7 Å². The highest BCUT2D eigenvalue weighted by molar-refractivity contribution is 6.11. The molecular weight excluding hydrogens is 394 g/mol. The van der Waals surface area contributed by atoms with E-state index in [2.05, 4.69) is 44.5 Å². The number of aliphatic imine (C=N–C) groups is 1. The van der Waals surface area contributed by atoms with E-state index in [1.807, 2.05) is 18.2 Å². The van der Waals surface area contributed by atoms with Gasteiger partial charge in [-0.25, -0.2) is 5.48 Å². The van der Waals surface area contributed by atoms with Gasteiger partial charge in [0.05, 0.1) is 12.2 Å². The van der Waals surface area contributed by atoms with Gasteiger partial charge in [-0.1, -0.05) is 24.3 Å². The molecule has 1 atom stereocenters. The maximum absolute atomic E-state index is 11.5. The number of aromatic nitrogens is 1. The third-order valence-electron chi connectivity index (χ3n) is 5.90. The van der Waals surface area contributed by atoms with Crippen LogP contribution >= 0.6 is 0 Å². The number of aliphatic hydroxyl groups is 1. The van der Waals surface area contributed by atoms with E-state index in [1.165, 1.54) is 22.9 Å². The third kappa shape index (κ3) is 3.61. The molecule has 3 heterocycles. The van der Waals surface area contributed by atoms with Crippen LogP contribution in [0.25, 0.3) is 22.0 Å². The number of hydrogen-bond donors (Lipinski definition) is 5. The lowest BCUT2D eigenvalue weighted by atomic mass is 9.99. The molecule has 158 valence electrons. The molecule has 1 unspecified atom stereocenters. The molecule has 2 aliphatic rings. The number of benzene rings is 2. The van der Waals surface area contributed by atoms with Gasteiger partial charge < -0.3 is 15.4 Å². The zero-order valence-corrected chi connectivity index (χ0v) is 16.8. The first-order valence-corrected chi connectivity index (χ1v) is 10.2. The Hall–Kier alpha value is -3.46. The van der Waals surface area contributed by atoms with Crippen LogP contribution in [-0.2, 0) is 24.4 Å². The Morgan fingerprint density at radius 3 is 2.87 bits per heavy atom. The minimum absolute atomic E-state index is 0.0234. The monoisotopic (exact) mass is 417 g/mol. The molecule has 5 rings (SSSR count). The van der Waals surface area contributed by atoms with E-state index < -0.39 is 5.91 Å². The van der Waals surface area contributed by atoms with Gasteiger partial charge in [0.2, 0.25) is 0 Å². The summed E-state index contributed by atoms with van der Waals surface area (Å²) >= 11 is 0. The van der Waals surface area contributed by atoms with Crippen molar-refractivity contribution >= 4 is 23.0 Å². The number of H-pyrrole nitrogens is 1. The molecule has 8 nitrogen and oxygen atoms in total. The van der Waals surface area contributed by atoms with Gasteiger partial charge in [0.15, 0.2) is 6.29 Å². The molecule has 0 bridgehead atoms. The molecule has 0 aliphatic carbocycles. The largest absolute Gasteiger partial charge is 0.392 e. The number of fused-ring (bicyclic) bond motifs is 3. The minimum Gasteiger partial charge on any atom is -0.392 e. The molecular formula is C23H23N5O3. The van der Waals surface area contributed by atoms with Crippen molar-refractivity contribution in [2.45, 2.75) is 25.9 Å². The van der Waals surface area contributed by atoms with Gasteiger partial charge in [-0.3, -0.25) is 19.9 Å². The van der Waals surface area contributed by atoms with Crippen LogP contribution in [0.3, 0.4) is 0 Å². The number of aliphatic hydroxyl groups excluding tert-OH is 1. The quantitative estimate of drug-likeness (QED) is 0.329. The van der Waals surface area contributed by atoms with Crippen LogP contribution in [0.2, 0.25) is 0 Å². The molecule has 0 saturated heterocycles. The lowest BCUT2D eigenvalue weighted by molar-refractivity contribution is -0.124. The van der Waals surface area contributed by atoms with Crippen LogP contribution in [0.15, 0.2) is 59.2 Å². The summed E-state index contributed by atoms with van der Waals surface area (Å²) in [6.07, 6.45) is 3.66. The maximum Gasteiger partial charge on any atom is 0.277 e. The summed E-state index contributed by atoms with van der Waals surface area (Å²) in [5.41, 5.74) is 8.57. The number of carbonyl (C=O) groups excluding carboxylic acids is 1. The smallest absolute Gasteiger partial charge is 0.277 e. The summed E-state index contributed by atoms with van der Waals surface area (Å²) in [7, 11) is 0. The topological polar surface area (TPSA) is 113 Å². The molecule has 31 heavy (non-hydrogen) atoms. The van der Waals surface area contributed by atoms with Crippen molar-refractivity contribution < 1.29 is 15.1 Å². The molecule has 5 N–H and O–H groups in total. The summed E-state index contributed by atoms with van der Waals surface area (Å²) in [6.45, 7) is 1.57. The first kappa shape index (κ1) is 19.5. The van der Waals surface area contributed by atoms with Gasteiger partial charge in [0.25, 0.3) is 5.91 Å². The average Bonchev–Trinajstić information content (AvgIpc) is 3.20. The zero-order chi connectivity index (χ0) is 21.4. The van der Waals surface area contributed by atoms with Crippen LogP contribution in [0.1, 0.15) is 16.8 Å². The highest BCUT2D eigenvalue weighted by Crippen LogP contribution is 2.32. The molecule has 1 aromatic heterocycles. The summed E-state index contributed by atoms with van der Waals surface area (Å²) in [5.74, 6) is -0.593. The van der Waals surface area contributed by atoms with Crippen LogP contribution < -0.4 is 10.8 Å². The highest BCUT2D eigenvalue weighted by Gasteiger charge is 2.27. The lowest BCUT2D eigenvalue weighted by Gasteiger charge is -2.33. The normalized spacial score (nSPS) is 18.4. The average molecular weight is 417 g/mol. The van der Waals surface area contributed by atoms with Gasteiger partial charge in [0, 0.05) is 48.5 Å². The second kappa shape index (κ2) is 7.99. The van der Waals surface area contributed by atoms with Crippen LogP contribution in [0.4, 0.5) is 0 Å². The number of rotatable bonds is 4. The molecule has 8 heteroatoms. The molecule has 0 spiro atoms. The fourth-order valence-corrected chi connectivity index (χ4v) is 4.26. The molecule has 0 radical (unpaired) electrons. The second-order valence-corrected chi connectivity index (χ2v) is 7.78. The SMILES string of the molecule is O=C(NO)C1=CNC(N2CCc3[nH]c4ccc(-c5cccc(CO)c5)cc4c3C2)N=C1. The molecule has 3 aromatic rings. The number of nitrogens with one attached hydrogen (secondary N) is 3. The van der Waals surface area contributed by atoms with Gasteiger partial charge in [-0.15, -0.1) is 0 Å². The van der Waals surface area contributed by atoms with Crippen molar-refractivity contribution in [2.75, 3.05) is 6.54 Å². The fraction of sp³-hybridized carbons (Fsp3) is 0.217. The van der Waals surface area contributed by atoms with E-state index in [1.54, 1.807) is 11.7 Å². The minimum atomic E-state index is -0.593. The molecule has 0 saturated carbocycles. The summed E-state index contributed by atoms with van der Waals surface area (Å²) in [6, 6.07) is 14.4. The number of nitrogens with zero attached hydrogens (tertiary/aromatic N) is 2. The van der Waals surface area contributed by atoms with Gasteiger partial charge in [-0.2, -0.15) is 0 Å².